The van der Waals surface area contributed by atoms with Gasteiger partial charge in [-0.2, -0.15) is 0 Å². The first-order chi connectivity index (χ1) is 14.4. The van der Waals surface area contributed by atoms with Gasteiger partial charge >= 0.3 is 0 Å². The number of ether oxygens (including phenoxy) is 2. The molecule has 0 spiro atoms. The molecule has 30 heavy (non-hydrogen) atoms. The van der Waals surface area contributed by atoms with E-state index in [0.29, 0.717) is 32.9 Å². The minimum Gasteiger partial charge on any atom is -0.495 e. The Morgan fingerprint density at radius 1 is 1.13 bits per heavy atom. The van der Waals surface area contributed by atoms with E-state index in [9.17, 15) is 4.79 Å². The van der Waals surface area contributed by atoms with Crippen LogP contribution in [0.25, 0.3) is 10.2 Å². The van der Waals surface area contributed by atoms with Gasteiger partial charge in [-0.3, -0.25) is 4.79 Å². The number of hydrogen-bond donors (Lipinski definition) is 1. The molecule has 0 saturated carbocycles. The second kappa shape index (κ2) is 8.28. The zero-order valence-electron chi connectivity index (χ0n) is 17.3. The van der Waals surface area contributed by atoms with Gasteiger partial charge < -0.3 is 19.7 Å². The number of benzene rings is 1. The van der Waals surface area contributed by atoms with E-state index < -0.39 is 0 Å². The molecule has 1 aromatic carbocycles. The third-order valence-corrected chi connectivity index (χ3v) is 6.70. The zero-order chi connectivity index (χ0) is 21.4. The highest BCUT2D eigenvalue weighted by molar-refractivity contribution is 7.20. The molecule has 1 amide bonds. The number of hydrogen-bond acceptors (Lipinski definition) is 7. The summed E-state index contributed by atoms with van der Waals surface area (Å²) < 4.78 is 10.6. The van der Waals surface area contributed by atoms with E-state index in [1.807, 2.05) is 13.8 Å². The molecule has 0 unspecified atom stereocenters. The number of amides is 1. The third-order valence-electron chi connectivity index (χ3n) is 5.22. The minimum atomic E-state index is -0.236. The van der Waals surface area contributed by atoms with Crippen molar-refractivity contribution in [2.75, 3.05) is 37.5 Å². The molecule has 2 aromatic heterocycles. The van der Waals surface area contributed by atoms with Gasteiger partial charge in [-0.25, -0.2) is 9.97 Å². The Balaban J connectivity index is 1.73. The zero-order valence-corrected chi connectivity index (χ0v) is 18.9. The van der Waals surface area contributed by atoms with E-state index in [2.05, 4.69) is 15.2 Å². The van der Waals surface area contributed by atoms with E-state index in [-0.39, 0.29) is 5.91 Å². The van der Waals surface area contributed by atoms with Crippen molar-refractivity contribution in [1.29, 1.82) is 0 Å². The highest BCUT2D eigenvalue weighted by Gasteiger charge is 2.25. The van der Waals surface area contributed by atoms with Crippen LogP contribution < -0.4 is 19.7 Å². The first-order valence-corrected chi connectivity index (χ1v) is 10.9. The van der Waals surface area contributed by atoms with Crippen LogP contribution in [-0.2, 0) is 0 Å². The largest absolute Gasteiger partial charge is 0.495 e. The van der Waals surface area contributed by atoms with Gasteiger partial charge in [0.1, 0.15) is 28.0 Å². The number of methoxy groups -OCH3 is 2. The molecule has 1 fully saturated rings. The Kier molecular flexibility index (Phi) is 5.71. The molecule has 4 rings (SSSR count). The van der Waals surface area contributed by atoms with Gasteiger partial charge in [-0.1, -0.05) is 11.6 Å². The van der Waals surface area contributed by atoms with Gasteiger partial charge in [0, 0.05) is 19.2 Å². The molecule has 0 radical (unpaired) electrons. The molecule has 0 aliphatic carbocycles. The van der Waals surface area contributed by atoms with Gasteiger partial charge in [0.15, 0.2) is 0 Å². The van der Waals surface area contributed by atoms with Crippen molar-refractivity contribution in [3.8, 4) is 11.5 Å². The molecule has 1 aliphatic heterocycles. The maximum atomic E-state index is 13.2. The summed E-state index contributed by atoms with van der Waals surface area (Å²) in [6.45, 7) is 5.79. The number of halogens is 1. The third kappa shape index (κ3) is 3.65. The number of rotatable bonds is 5. The van der Waals surface area contributed by atoms with Gasteiger partial charge in [0.05, 0.1) is 35.2 Å². The fourth-order valence-corrected chi connectivity index (χ4v) is 5.09. The number of nitrogens with one attached hydrogen (secondary N) is 1. The fraction of sp³-hybridized carbons (Fsp3) is 0.381. The van der Waals surface area contributed by atoms with Crippen molar-refractivity contribution in [1.82, 2.24) is 9.97 Å². The summed E-state index contributed by atoms with van der Waals surface area (Å²) in [7, 11) is 3.06. The van der Waals surface area contributed by atoms with Crippen molar-refractivity contribution < 1.29 is 14.3 Å². The molecule has 0 bridgehead atoms. The molecule has 158 valence electrons. The molecule has 1 saturated heterocycles. The van der Waals surface area contributed by atoms with Crippen LogP contribution in [-0.4, -0.2) is 43.2 Å². The maximum Gasteiger partial charge on any atom is 0.266 e. The number of nitrogens with zero attached hydrogens (tertiary/aromatic N) is 3. The number of carbonyl (C=O) groups is 1. The average molecular weight is 447 g/mol. The summed E-state index contributed by atoms with van der Waals surface area (Å²) in [5.74, 6) is 2.34. The van der Waals surface area contributed by atoms with Gasteiger partial charge in [-0.15, -0.1) is 11.3 Å². The normalized spacial score (nSPS) is 13.7. The summed E-state index contributed by atoms with van der Waals surface area (Å²) in [6, 6.07) is 3.27. The standard InChI is InChI=1S/C21H23ClN4O3S/c1-11-17-19(26-7-5-6-8-26)23-12(2)24-21(17)30-18(11)20(27)25-14-9-13(22)15(28-3)10-16(14)29-4/h9-10H,5-8H2,1-4H3,(H,25,27). The molecular weight excluding hydrogens is 424 g/mol. The fourth-order valence-electron chi connectivity index (χ4n) is 3.73. The lowest BCUT2D eigenvalue weighted by molar-refractivity contribution is 0.102. The monoisotopic (exact) mass is 446 g/mol. The van der Waals surface area contributed by atoms with Crippen molar-refractivity contribution >= 4 is 50.6 Å². The molecule has 0 atom stereocenters. The van der Waals surface area contributed by atoms with Crippen LogP contribution in [0.4, 0.5) is 11.5 Å². The van der Waals surface area contributed by atoms with E-state index in [1.165, 1.54) is 25.6 Å². The lowest BCUT2D eigenvalue weighted by Gasteiger charge is -2.18. The Morgan fingerprint density at radius 3 is 2.50 bits per heavy atom. The van der Waals surface area contributed by atoms with Crippen LogP contribution in [0.2, 0.25) is 5.02 Å². The van der Waals surface area contributed by atoms with Crippen LogP contribution >= 0.6 is 22.9 Å². The first-order valence-electron chi connectivity index (χ1n) is 9.68. The summed E-state index contributed by atoms with van der Waals surface area (Å²) in [5, 5.41) is 4.26. The van der Waals surface area contributed by atoms with Gasteiger partial charge in [0.25, 0.3) is 5.91 Å². The summed E-state index contributed by atoms with van der Waals surface area (Å²) in [4.78, 5) is 26.2. The molecule has 1 aliphatic rings. The second-order valence-corrected chi connectivity index (χ2v) is 8.57. The maximum absolute atomic E-state index is 13.2. The summed E-state index contributed by atoms with van der Waals surface area (Å²) >= 11 is 7.62. The molecule has 1 N–H and O–H groups in total. The Bertz CT molecular complexity index is 1130. The molecule has 9 heteroatoms. The minimum absolute atomic E-state index is 0.236. The van der Waals surface area contributed by atoms with Crippen molar-refractivity contribution in [2.45, 2.75) is 26.7 Å². The summed E-state index contributed by atoms with van der Waals surface area (Å²) in [5.41, 5.74) is 1.36. The number of anilines is 2. The Hall–Kier alpha value is -2.58. The van der Waals surface area contributed by atoms with Crippen molar-refractivity contribution in [3.05, 3.63) is 33.4 Å². The number of fused-ring (bicyclic) bond motifs is 1. The van der Waals surface area contributed by atoms with Crippen LogP contribution in [0.15, 0.2) is 12.1 Å². The van der Waals surface area contributed by atoms with Gasteiger partial charge in [0.2, 0.25) is 0 Å². The quantitative estimate of drug-likeness (QED) is 0.604. The molecule has 3 heterocycles. The number of aryl methyl sites for hydroxylation is 2. The Morgan fingerprint density at radius 2 is 1.83 bits per heavy atom. The smallest absolute Gasteiger partial charge is 0.266 e. The lowest BCUT2D eigenvalue weighted by atomic mass is 10.2. The first kappa shape index (κ1) is 20.7. The summed E-state index contributed by atoms with van der Waals surface area (Å²) in [6.07, 6.45) is 2.30. The predicted molar refractivity (Wildman–Crippen MR) is 121 cm³/mol. The van der Waals surface area contributed by atoms with E-state index in [1.54, 1.807) is 12.1 Å². The number of aromatic nitrogens is 2. The van der Waals surface area contributed by atoms with Crippen molar-refractivity contribution in [2.24, 2.45) is 0 Å². The molecule has 7 nitrogen and oxygen atoms in total. The van der Waals surface area contributed by atoms with Crippen LogP contribution in [0.1, 0.15) is 33.9 Å². The SMILES string of the molecule is COc1cc(OC)c(NC(=O)c2sc3nc(C)nc(N4CCCC4)c3c2C)cc1Cl. The van der Waals surface area contributed by atoms with Crippen LogP contribution in [0.3, 0.4) is 0 Å². The predicted octanol–water partition coefficient (Wildman–Crippen LogP) is 4.83. The average Bonchev–Trinajstić information content (AvgIpc) is 3.36. The van der Waals surface area contributed by atoms with Gasteiger partial charge in [-0.05, 0) is 38.3 Å². The van der Waals surface area contributed by atoms with Crippen LogP contribution in [0, 0.1) is 13.8 Å². The molecular formula is C21H23ClN4O3S. The van der Waals surface area contributed by atoms with E-state index in [0.717, 1.165) is 47.5 Å². The Labute approximate surface area is 184 Å². The molecule has 3 aromatic rings. The van der Waals surface area contributed by atoms with E-state index >= 15 is 0 Å². The highest BCUT2D eigenvalue weighted by atomic mass is 35.5. The van der Waals surface area contributed by atoms with Crippen molar-refractivity contribution in [3.63, 3.8) is 0 Å². The number of carbonyl (C=O) groups excluding carboxylic acids is 1. The lowest BCUT2D eigenvalue weighted by Crippen LogP contribution is -2.20. The second-order valence-electron chi connectivity index (χ2n) is 7.17. The number of thiophene rings is 1. The highest BCUT2D eigenvalue weighted by Crippen LogP contribution is 2.39. The van der Waals surface area contributed by atoms with E-state index in [4.69, 9.17) is 26.1 Å². The topological polar surface area (TPSA) is 76.6 Å². The van der Waals surface area contributed by atoms with Crippen LogP contribution in [0.5, 0.6) is 11.5 Å².